The van der Waals surface area contributed by atoms with Gasteiger partial charge in [-0.3, -0.25) is 0 Å². The number of hydrogen-bond donors (Lipinski definition) is 0. The minimum atomic E-state index is -0.358. The third kappa shape index (κ3) is 1.92. The molecule has 1 aromatic carbocycles. The van der Waals surface area contributed by atoms with Gasteiger partial charge in [-0.05, 0) is 24.3 Å². The molecule has 0 aliphatic rings. The monoisotopic (exact) mass is 245 g/mol. The van der Waals surface area contributed by atoms with E-state index in [4.69, 9.17) is 23.2 Å². The van der Waals surface area contributed by atoms with Crippen LogP contribution in [0.5, 0.6) is 0 Å². The molecule has 0 nitrogen and oxygen atoms in total. The van der Waals surface area contributed by atoms with Crippen LogP contribution in [0.15, 0.2) is 24.3 Å². The fourth-order valence-electron chi connectivity index (χ4n) is 1.12. The van der Waals surface area contributed by atoms with Gasteiger partial charge >= 0.3 is 0 Å². The van der Waals surface area contributed by atoms with Gasteiger partial charge in [0.2, 0.25) is 0 Å². The molecule has 71 valence electrons. The largest absolute Gasteiger partial charge is 0.206 e. The first-order valence-electron chi connectivity index (χ1n) is 3.79. The molecule has 14 heavy (non-hydrogen) atoms. The number of benzene rings is 1. The molecule has 0 N–H and O–H groups in total. The van der Waals surface area contributed by atoms with Gasteiger partial charge in [-0.1, -0.05) is 23.2 Å². The summed E-state index contributed by atoms with van der Waals surface area (Å²) in [4.78, 5) is 0. The van der Waals surface area contributed by atoms with Crippen LogP contribution in [0, 0.1) is 11.2 Å². The zero-order valence-electron chi connectivity index (χ0n) is 6.85. The molecule has 0 aliphatic carbocycles. The van der Waals surface area contributed by atoms with E-state index in [1.165, 1.54) is 17.4 Å². The van der Waals surface area contributed by atoms with Gasteiger partial charge in [0.1, 0.15) is 5.82 Å². The highest BCUT2D eigenvalue weighted by Crippen LogP contribution is 2.30. The van der Waals surface area contributed by atoms with Crippen LogP contribution in [0.25, 0.3) is 11.1 Å². The highest BCUT2D eigenvalue weighted by atomic mass is 35.5. The summed E-state index contributed by atoms with van der Waals surface area (Å²) in [5.74, 6) is -0.358. The third-order valence-electron chi connectivity index (χ3n) is 1.74. The van der Waals surface area contributed by atoms with E-state index in [0.717, 1.165) is 0 Å². The molecule has 0 aliphatic heterocycles. The molecule has 2 rings (SSSR count). The van der Waals surface area contributed by atoms with E-state index >= 15 is 0 Å². The fourth-order valence-corrected chi connectivity index (χ4v) is 2.05. The molecule has 1 heterocycles. The van der Waals surface area contributed by atoms with Crippen molar-refractivity contribution in [2.24, 2.45) is 0 Å². The predicted molar refractivity (Wildman–Crippen MR) is 58.6 cm³/mol. The summed E-state index contributed by atoms with van der Waals surface area (Å²) in [6, 6.07) is 6.21. The zero-order valence-corrected chi connectivity index (χ0v) is 9.18. The maximum Gasteiger partial charge on any atom is 0.132 e. The van der Waals surface area contributed by atoms with Gasteiger partial charge in [-0.25, -0.2) is 4.39 Å². The first kappa shape index (κ1) is 9.97. The predicted octanol–water partition coefficient (Wildman–Crippen LogP) is 4.66. The number of halogens is 3. The van der Waals surface area contributed by atoms with Gasteiger partial charge < -0.3 is 0 Å². The van der Waals surface area contributed by atoms with E-state index in [1.807, 2.05) is 0 Å². The average Bonchev–Trinajstić information content (AvgIpc) is 2.51. The third-order valence-corrected chi connectivity index (χ3v) is 2.95. The van der Waals surface area contributed by atoms with Crippen LogP contribution < -0.4 is 0 Å². The topological polar surface area (TPSA) is 0 Å². The Balaban J connectivity index is 2.52. The lowest BCUT2D eigenvalue weighted by molar-refractivity contribution is 0.631. The van der Waals surface area contributed by atoms with Gasteiger partial charge in [0, 0.05) is 16.1 Å². The van der Waals surface area contributed by atoms with Crippen molar-refractivity contribution in [2.75, 3.05) is 0 Å². The second-order valence-corrected chi connectivity index (χ2v) is 4.61. The lowest BCUT2D eigenvalue weighted by Gasteiger charge is -1.99. The minimum Gasteiger partial charge on any atom is -0.206 e. The normalized spacial score (nSPS) is 10.5. The van der Waals surface area contributed by atoms with Crippen LogP contribution in [0.3, 0.4) is 0 Å². The van der Waals surface area contributed by atoms with Crippen LogP contribution >= 0.6 is 34.5 Å². The van der Waals surface area contributed by atoms with Gasteiger partial charge in [-0.2, -0.15) is 0 Å². The molecule has 4 heteroatoms. The SMILES string of the molecule is Fc1cc(Cl)ccc1-c1[c]sc(Cl)c1. The molecule has 1 aromatic heterocycles. The first-order chi connectivity index (χ1) is 6.66. The Labute approximate surface area is 94.9 Å². The van der Waals surface area contributed by atoms with Gasteiger partial charge in [-0.15, -0.1) is 11.3 Å². The van der Waals surface area contributed by atoms with Crippen molar-refractivity contribution in [1.82, 2.24) is 0 Å². The molecule has 1 radical (unpaired) electrons. The Bertz CT molecular complexity index is 465. The molecular formula is C10H4Cl2FS. The molecular weight excluding hydrogens is 242 g/mol. The summed E-state index contributed by atoms with van der Waals surface area (Å²) in [7, 11) is 0. The quantitative estimate of drug-likeness (QED) is 0.686. The van der Waals surface area contributed by atoms with Gasteiger partial charge in [0.15, 0.2) is 0 Å². The Morgan fingerprint density at radius 3 is 2.57 bits per heavy atom. The zero-order chi connectivity index (χ0) is 10.1. The van der Waals surface area contributed by atoms with E-state index in [9.17, 15) is 4.39 Å². The maximum absolute atomic E-state index is 13.4. The standard InChI is InChI=1S/C10H4Cl2FS/c11-7-1-2-8(9(13)4-7)6-3-10(12)14-5-6/h1-4H. The van der Waals surface area contributed by atoms with Crippen LogP contribution in [0.2, 0.25) is 9.36 Å². The molecule has 0 spiro atoms. The Kier molecular flexibility index (Phi) is 2.77. The molecule has 0 bridgehead atoms. The second kappa shape index (κ2) is 3.89. The molecule has 2 aromatic rings. The minimum absolute atomic E-state index is 0.358. The van der Waals surface area contributed by atoms with Crippen molar-refractivity contribution in [3.05, 3.63) is 44.8 Å². The highest BCUT2D eigenvalue weighted by molar-refractivity contribution is 7.14. The van der Waals surface area contributed by atoms with E-state index in [0.29, 0.717) is 20.5 Å². The van der Waals surface area contributed by atoms with Gasteiger partial charge in [0.05, 0.1) is 9.72 Å². The van der Waals surface area contributed by atoms with Crippen LogP contribution in [-0.2, 0) is 0 Å². The average molecular weight is 246 g/mol. The number of rotatable bonds is 1. The van der Waals surface area contributed by atoms with E-state index in [-0.39, 0.29) is 5.82 Å². The van der Waals surface area contributed by atoms with E-state index in [2.05, 4.69) is 5.38 Å². The van der Waals surface area contributed by atoms with Crippen LogP contribution in [0.4, 0.5) is 4.39 Å². The Hall–Kier alpha value is -0.570. The summed E-state index contributed by atoms with van der Waals surface area (Å²) >= 11 is 12.6. The number of hydrogen-bond acceptors (Lipinski definition) is 1. The summed E-state index contributed by atoms with van der Waals surface area (Å²) in [6.07, 6.45) is 0. The lowest BCUT2D eigenvalue weighted by atomic mass is 10.1. The summed E-state index contributed by atoms with van der Waals surface area (Å²) in [6.45, 7) is 0. The van der Waals surface area contributed by atoms with E-state index in [1.54, 1.807) is 18.2 Å². The van der Waals surface area contributed by atoms with Gasteiger partial charge in [0.25, 0.3) is 0 Å². The molecule has 0 unspecified atom stereocenters. The van der Waals surface area contributed by atoms with E-state index < -0.39 is 0 Å². The van der Waals surface area contributed by atoms with Crippen molar-refractivity contribution in [3.63, 3.8) is 0 Å². The van der Waals surface area contributed by atoms with Crippen molar-refractivity contribution in [2.45, 2.75) is 0 Å². The molecule has 0 saturated carbocycles. The summed E-state index contributed by atoms with van der Waals surface area (Å²) in [5.41, 5.74) is 1.13. The van der Waals surface area contributed by atoms with Crippen molar-refractivity contribution in [3.8, 4) is 11.1 Å². The lowest BCUT2D eigenvalue weighted by Crippen LogP contribution is -1.81. The van der Waals surface area contributed by atoms with Crippen molar-refractivity contribution >= 4 is 34.5 Å². The summed E-state index contributed by atoms with van der Waals surface area (Å²) in [5, 5.41) is 3.29. The second-order valence-electron chi connectivity index (χ2n) is 2.69. The molecule has 0 fully saturated rings. The highest BCUT2D eigenvalue weighted by Gasteiger charge is 2.07. The Morgan fingerprint density at radius 1 is 1.21 bits per heavy atom. The molecule has 0 atom stereocenters. The van der Waals surface area contributed by atoms with Crippen molar-refractivity contribution in [1.29, 1.82) is 0 Å². The smallest absolute Gasteiger partial charge is 0.132 e. The maximum atomic E-state index is 13.4. The fraction of sp³-hybridized carbons (Fsp3) is 0. The molecule has 0 amide bonds. The first-order valence-corrected chi connectivity index (χ1v) is 5.36. The molecule has 0 saturated heterocycles. The summed E-state index contributed by atoms with van der Waals surface area (Å²) < 4.78 is 14.0. The van der Waals surface area contributed by atoms with Crippen molar-refractivity contribution < 1.29 is 4.39 Å². The Morgan fingerprint density at radius 2 is 2.00 bits per heavy atom. The van der Waals surface area contributed by atoms with Crippen LogP contribution in [-0.4, -0.2) is 0 Å². The van der Waals surface area contributed by atoms with Crippen LogP contribution in [0.1, 0.15) is 0 Å². The number of thiophene rings is 1.